The first-order valence-corrected chi connectivity index (χ1v) is 10.5. The predicted molar refractivity (Wildman–Crippen MR) is 123 cm³/mol. The maximum absolute atomic E-state index is 12.3. The molecule has 0 aliphatic rings. The summed E-state index contributed by atoms with van der Waals surface area (Å²) in [5, 5.41) is 6.58. The minimum atomic E-state index is -0.780. The highest BCUT2D eigenvalue weighted by molar-refractivity contribution is 9.10. The van der Waals surface area contributed by atoms with Gasteiger partial charge in [-0.15, -0.1) is 0 Å². The molecule has 1 atom stereocenters. The molecule has 0 heterocycles. The zero-order valence-electron chi connectivity index (χ0n) is 16.4. The summed E-state index contributed by atoms with van der Waals surface area (Å²) in [6.45, 7) is 5.53. The minimum Gasteiger partial charge on any atom is -0.493 e. The third kappa shape index (κ3) is 6.43. The number of carbonyl (C=O) groups excluding carboxylic acids is 2. The number of halogens is 2. The molecule has 0 aliphatic carbocycles. The topological polar surface area (TPSA) is 89.0 Å². The van der Waals surface area contributed by atoms with Crippen LogP contribution in [0.3, 0.4) is 0 Å². The van der Waals surface area contributed by atoms with E-state index in [2.05, 4.69) is 54.3 Å². The number of methoxy groups -OCH3 is 1. The van der Waals surface area contributed by atoms with Crippen molar-refractivity contribution in [2.75, 3.05) is 13.7 Å². The molecule has 9 heteroatoms. The van der Waals surface area contributed by atoms with E-state index in [1.165, 1.54) is 13.3 Å². The van der Waals surface area contributed by atoms with Crippen molar-refractivity contribution in [3.63, 3.8) is 0 Å². The molecular formula is C21H21Br2N3O4. The van der Waals surface area contributed by atoms with Gasteiger partial charge < -0.3 is 14.8 Å². The molecule has 0 spiro atoms. The fourth-order valence-corrected chi connectivity index (χ4v) is 3.39. The van der Waals surface area contributed by atoms with Gasteiger partial charge in [0.1, 0.15) is 12.6 Å². The average molecular weight is 539 g/mol. The van der Waals surface area contributed by atoms with Gasteiger partial charge in [0.2, 0.25) is 0 Å². The second-order valence-corrected chi connectivity index (χ2v) is 7.75. The molecule has 0 fully saturated rings. The highest BCUT2D eigenvalue weighted by Gasteiger charge is 2.17. The van der Waals surface area contributed by atoms with Crippen molar-refractivity contribution in [3.8, 4) is 11.5 Å². The van der Waals surface area contributed by atoms with Gasteiger partial charge in [0.05, 0.1) is 23.4 Å². The third-order valence-corrected chi connectivity index (χ3v) is 5.13. The van der Waals surface area contributed by atoms with E-state index >= 15 is 0 Å². The number of rotatable bonds is 9. The maximum atomic E-state index is 12.3. The molecule has 0 aliphatic heterocycles. The molecule has 0 saturated heterocycles. The summed E-state index contributed by atoms with van der Waals surface area (Å²) in [7, 11) is 1.53. The Kier molecular flexibility index (Phi) is 9.07. The van der Waals surface area contributed by atoms with E-state index in [0.717, 1.165) is 0 Å². The smallest absolute Gasteiger partial charge is 0.262 e. The molecule has 2 N–H and O–H groups in total. The van der Waals surface area contributed by atoms with Crippen LogP contribution >= 0.6 is 31.9 Å². The molecule has 2 aromatic carbocycles. The maximum Gasteiger partial charge on any atom is 0.262 e. The highest BCUT2D eigenvalue weighted by atomic mass is 79.9. The van der Waals surface area contributed by atoms with Gasteiger partial charge in [-0.3, -0.25) is 9.59 Å². The second-order valence-electron chi connectivity index (χ2n) is 6.04. The predicted octanol–water partition coefficient (Wildman–Crippen LogP) is 4.05. The van der Waals surface area contributed by atoms with Gasteiger partial charge in [-0.1, -0.05) is 24.8 Å². The molecule has 1 unspecified atom stereocenters. The third-order valence-electron chi connectivity index (χ3n) is 3.85. The zero-order valence-corrected chi connectivity index (χ0v) is 19.6. The minimum absolute atomic E-state index is 0.335. The molecule has 158 valence electrons. The summed E-state index contributed by atoms with van der Waals surface area (Å²) >= 11 is 6.74. The summed E-state index contributed by atoms with van der Waals surface area (Å²) in [5.74, 6) is 0.233. The lowest BCUT2D eigenvalue weighted by Crippen LogP contribution is -2.43. The Bertz CT molecular complexity index is 963. The molecule has 2 amide bonds. The molecule has 0 aromatic heterocycles. The first-order valence-electron chi connectivity index (χ1n) is 8.87. The standard InChI is InChI=1S/C21H21Br2N3O4/c1-4-9-30-19-17(23)10-14(11-18(19)29-3)12-24-26-20(27)13(2)25-21(28)15-7-5-6-8-16(15)22/h4-8,10-13H,1,9H2,2-3H3,(H,25,28)(H,26,27). The molecule has 30 heavy (non-hydrogen) atoms. The van der Waals surface area contributed by atoms with E-state index in [4.69, 9.17) is 9.47 Å². The lowest BCUT2D eigenvalue weighted by Gasteiger charge is -2.13. The van der Waals surface area contributed by atoms with Crippen molar-refractivity contribution in [1.29, 1.82) is 0 Å². The van der Waals surface area contributed by atoms with Crippen molar-refractivity contribution in [1.82, 2.24) is 10.7 Å². The van der Waals surface area contributed by atoms with E-state index in [0.29, 0.717) is 38.2 Å². The van der Waals surface area contributed by atoms with Crippen LogP contribution in [-0.2, 0) is 4.79 Å². The SMILES string of the molecule is C=CCOc1c(Br)cc(C=NNC(=O)C(C)NC(=O)c2ccccc2Br)cc1OC. The average Bonchev–Trinajstić information content (AvgIpc) is 2.72. The summed E-state index contributed by atoms with van der Waals surface area (Å²) in [6.07, 6.45) is 3.10. The summed E-state index contributed by atoms with van der Waals surface area (Å²) in [6, 6.07) is 9.68. The Morgan fingerprint density at radius 2 is 1.97 bits per heavy atom. The number of hydrogen-bond donors (Lipinski definition) is 2. The number of amides is 2. The largest absolute Gasteiger partial charge is 0.493 e. The molecule has 2 rings (SSSR count). The quantitative estimate of drug-likeness (QED) is 0.286. The number of carbonyl (C=O) groups is 2. The van der Waals surface area contributed by atoms with Crippen LogP contribution in [0.4, 0.5) is 0 Å². The van der Waals surface area contributed by atoms with Crippen molar-refractivity contribution < 1.29 is 19.1 Å². The van der Waals surface area contributed by atoms with Crippen LogP contribution in [0, 0.1) is 0 Å². The van der Waals surface area contributed by atoms with E-state index < -0.39 is 11.9 Å². The van der Waals surface area contributed by atoms with E-state index in [1.807, 2.05) is 0 Å². The van der Waals surface area contributed by atoms with E-state index in [9.17, 15) is 9.59 Å². The van der Waals surface area contributed by atoms with E-state index in [-0.39, 0.29) is 5.91 Å². The highest BCUT2D eigenvalue weighted by Crippen LogP contribution is 2.36. The van der Waals surface area contributed by atoms with Crippen molar-refractivity contribution in [2.24, 2.45) is 5.10 Å². The number of ether oxygens (including phenoxy) is 2. The molecular weight excluding hydrogens is 518 g/mol. The van der Waals surface area contributed by atoms with Crippen molar-refractivity contribution in [3.05, 3.63) is 69.1 Å². The zero-order chi connectivity index (χ0) is 22.1. The van der Waals surface area contributed by atoms with Gasteiger partial charge in [0, 0.05) is 4.47 Å². The molecule has 0 radical (unpaired) electrons. The fourth-order valence-electron chi connectivity index (χ4n) is 2.35. The number of nitrogens with one attached hydrogen (secondary N) is 2. The lowest BCUT2D eigenvalue weighted by atomic mass is 10.2. The summed E-state index contributed by atoms with van der Waals surface area (Å²) < 4.78 is 12.2. The monoisotopic (exact) mass is 537 g/mol. The summed E-state index contributed by atoms with van der Waals surface area (Å²) in [4.78, 5) is 24.5. The van der Waals surface area contributed by atoms with Gasteiger partial charge in [0.15, 0.2) is 11.5 Å². The van der Waals surface area contributed by atoms with Gasteiger partial charge >= 0.3 is 0 Å². The number of nitrogens with zero attached hydrogens (tertiary/aromatic N) is 1. The van der Waals surface area contributed by atoms with Crippen LogP contribution in [0.2, 0.25) is 0 Å². The van der Waals surface area contributed by atoms with Crippen LogP contribution in [0.25, 0.3) is 0 Å². The molecule has 7 nitrogen and oxygen atoms in total. The molecule has 0 bridgehead atoms. The normalized spacial score (nSPS) is 11.6. The lowest BCUT2D eigenvalue weighted by molar-refractivity contribution is -0.122. The number of benzene rings is 2. The first-order chi connectivity index (χ1) is 14.4. The van der Waals surface area contributed by atoms with Crippen molar-refractivity contribution in [2.45, 2.75) is 13.0 Å². The Hall–Kier alpha value is -2.65. The summed E-state index contributed by atoms with van der Waals surface area (Å²) in [5.41, 5.74) is 3.53. The van der Waals surface area contributed by atoms with Crippen LogP contribution in [0.15, 0.2) is 63.1 Å². The van der Waals surface area contributed by atoms with Gasteiger partial charge in [-0.25, -0.2) is 5.43 Å². The van der Waals surface area contributed by atoms with E-state index in [1.54, 1.807) is 49.4 Å². The fraction of sp³-hybridized carbons (Fsp3) is 0.190. The van der Waals surface area contributed by atoms with Crippen molar-refractivity contribution >= 4 is 49.9 Å². The van der Waals surface area contributed by atoms with Crippen LogP contribution in [0.1, 0.15) is 22.8 Å². The van der Waals surface area contributed by atoms with Crippen LogP contribution in [0.5, 0.6) is 11.5 Å². The van der Waals surface area contributed by atoms with Crippen LogP contribution < -0.4 is 20.2 Å². The Balaban J connectivity index is 1.99. The Labute approximate surface area is 191 Å². The molecule has 2 aromatic rings. The number of hydrazone groups is 1. The van der Waals surface area contributed by atoms with Gasteiger partial charge in [-0.05, 0) is 68.6 Å². The van der Waals surface area contributed by atoms with Gasteiger partial charge in [-0.2, -0.15) is 5.10 Å². The Morgan fingerprint density at radius 1 is 1.23 bits per heavy atom. The van der Waals surface area contributed by atoms with Gasteiger partial charge in [0.25, 0.3) is 11.8 Å². The Morgan fingerprint density at radius 3 is 2.63 bits per heavy atom. The van der Waals surface area contributed by atoms with Crippen LogP contribution in [-0.4, -0.2) is 37.8 Å². The second kappa shape index (κ2) is 11.5. The first kappa shape index (κ1) is 23.6. The molecule has 0 saturated carbocycles. The number of hydrogen-bond acceptors (Lipinski definition) is 5.